The van der Waals surface area contributed by atoms with E-state index in [9.17, 15) is 0 Å². The Balaban J connectivity index is 1.95. The Hall–Kier alpha value is -2.51. The van der Waals surface area contributed by atoms with Crippen molar-refractivity contribution in [3.8, 4) is 28.0 Å². The van der Waals surface area contributed by atoms with Crippen molar-refractivity contribution in [1.29, 1.82) is 5.26 Å². The molecule has 0 N–H and O–H groups in total. The van der Waals surface area contributed by atoms with Crippen LogP contribution in [0.3, 0.4) is 0 Å². The summed E-state index contributed by atoms with van der Waals surface area (Å²) in [7, 11) is 0. The van der Waals surface area contributed by atoms with E-state index < -0.39 is 0 Å². The minimum atomic E-state index is 0.657. The lowest BCUT2D eigenvalue weighted by atomic mass is 10.1. The molecule has 0 bridgehead atoms. The molecule has 0 radical (unpaired) electrons. The average Bonchev–Trinajstić information content (AvgIpc) is 2.97. The topological polar surface area (TPSA) is 49.6 Å². The van der Waals surface area contributed by atoms with Crippen LogP contribution in [-0.4, -0.2) is 9.97 Å². The van der Waals surface area contributed by atoms with Crippen LogP contribution < -0.4 is 0 Å². The number of pyridine rings is 1. The third-order valence-electron chi connectivity index (χ3n) is 2.95. The van der Waals surface area contributed by atoms with E-state index in [-0.39, 0.29) is 0 Å². The van der Waals surface area contributed by atoms with Crippen molar-refractivity contribution in [3.63, 3.8) is 0 Å². The Morgan fingerprint density at radius 3 is 2.60 bits per heavy atom. The summed E-state index contributed by atoms with van der Waals surface area (Å²) in [4.78, 5) is 8.97. The van der Waals surface area contributed by atoms with Gasteiger partial charge in [0.15, 0.2) is 0 Å². The molecule has 0 aliphatic carbocycles. The van der Waals surface area contributed by atoms with Crippen LogP contribution in [-0.2, 0) is 0 Å². The average molecular weight is 277 g/mol. The number of rotatable bonds is 2. The largest absolute Gasteiger partial charge is 0.254 e. The first-order chi connectivity index (χ1) is 9.76. The fraction of sp³-hybridized carbons (Fsp3) is 0.0625. The van der Waals surface area contributed by atoms with Crippen LogP contribution in [0.15, 0.2) is 48.0 Å². The van der Waals surface area contributed by atoms with Crippen LogP contribution in [0.5, 0.6) is 0 Å². The third-order valence-corrected chi connectivity index (χ3v) is 3.81. The molecule has 0 unspecified atom stereocenters. The van der Waals surface area contributed by atoms with E-state index >= 15 is 0 Å². The Bertz CT molecular complexity index is 782. The molecule has 20 heavy (non-hydrogen) atoms. The Morgan fingerprint density at radius 1 is 1.10 bits per heavy atom. The van der Waals surface area contributed by atoms with E-state index in [1.165, 1.54) is 5.56 Å². The summed E-state index contributed by atoms with van der Waals surface area (Å²) in [5.74, 6) is 0. The highest BCUT2D eigenvalue weighted by Gasteiger charge is 2.07. The number of thiazole rings is 1. The monoisotopic (exact) mass is 277 g/mol. The number of hydrogen-bond acceptors (Lipinski definition) is 4. The van der Waals surface area contributed by atoms with Crippen LogP contribution in [0.2, 0.25) is 0 Å². The Kier molecular flexibility index (Phi) is 3.28. The fourth-order valence-corrected chi connectivity index (χ4v) is 2.69. The predicted octanol–water partition coefficient (Wildman–Crippen LogP) is 4.05. The molecule has 2 heterocycles. The molecular formula is C16H11N3S. The van der Waals surface area contributed by atoms with Crippen molar-refractivity contribution in [1.82, 2.24) is 9.97 Å². The van der Waals surface area contributed by atoms with Gasteiger partial charge in [-0.3, -0.25) is 4.98 Å². The van der Waals surface area contributed by atoms with Gasteiger partial charge in [0.1, 0.15) is 5.01 Å². The molecule has 0 amide bonds. The van der Waals surface area contributed by atoms with Gasteiger partial charge in [0, 0.05) is 17.1 Å². The van der Waals surface area contributed by atoms with E-state index in [0.717, 1.165) is 22.0 Å². The summed E-state index contributed by atoms with van der Waals surface area (Å²) >= 11 is 1.58. The molecule has 2 aromatic heterocycles. The van der Waals surface area contributed by atoms with Crippen molar-refractivity contribution in [3.05, 3.63) is 59.1 Å². The molecule has 3 aromatic rings. The molecule has 3 nitrogen and oxygen atoms in total. The summed E-state index contributed by atoms with van der Waals surface area (Å²) < 4.78 is 0. The van der Waals surface area contributed by atoms with E-state index in [1.54, 1.807) is 29.7 Å². The summed E-state index contributed by atoms with van der Waals surface area (Å²) in [5.41, 5.74) is 4.65. The summed E-state index contributed by atoms with van der Waals surface area (Å²) in [6.07, 6.45) is 1.80. The van der Waals surface area contributed by atoms with Gasteiger partial charge < -0.3 is 0 Å². The van der Waals surface area contributed by atoms with Crippen molar-refractivity contribution in [2.24, 2.45) is 0 Å². The fourth-order valence-electron chi connectivity index (χ4n) is 1.89. The lowest BCUT2D eigenvalue weighted by molar-refractivity contribution is 1.26. The molecule has 0 aliphatic heterocycles. The van der Waals surface area contributed by atoms with Crippen molar-refractivity contribution in [2.45, 2.75) is 6.92 Å². The van der Waals surface area contributed by atoms with Gasteiger partial charge in [0.2, 0.25) is 0 Å². The van der Waals surface area contributed by atoms with Crippen LogP contribution in [0.1, 0.15) is 11.1 Å². The maximum absolute atomic E-state index is 8.81. The number of benzene rings is 1. The van der Waals surface area contributed by atoms with E-state index in [0.29, 0.717) is 5.56 Å². The van der Waals surface area contributed by atoms with Gasteiger partial charge in [-0.25, -0.2) is 4.98 Å². The molecular weight excluding hydrogens is 266 g/mol. The zero-order chi connectivity index (χ0) is 13.9. The second kappa shape index (κ2) is 5.24. The van der Waals surface area contributed by atoms with Crippen LogP contribution in [0, 0.1) is 18.3 Å². The number of aromatic nitrogens is 2. The van der Waals surface area contributed by atoms with Crippen LogP contribution >= 0.6 is 11.3 Å². The minimum absolute atomic E-state index is 0.657. The minimum Gasteiger partial charge on any atom is -0.254 e. The van der Waals surface area contributed by atoms with Gasteiger partial charge >= 0.3 is 0 Å². The number of nitriles is 1. The lowest BCUT2D eigenvalue weighted by Crippen LogP contribution is -1.84. The molecule has 1 aromatic carbocycles. The number of nitrogens with zero attached hydrogens (tertiary/aromatic N) is 3. The van der Waals surface area contributed by atoms with Crippen molar-refractivity contribution in [2.75, 3.05) is 0 Å². The molecule has 0 fully saturated rings. The van der Waals surface area contributed by atoms with Gasteiger partial charge in [-0.1, -0.05) is 12.1 Å². The third kappa shape index (κ3) is 2.44. The normalized spacial score (nSPS) is 10.2. The summed E-state index contributed by atoms with van der Waals surface area (Å²) in [5, 5.41) is 11.7. The first-order valence-corrected chi connectivity index (χ1v) is 7.03. The SMILES string of the molecule is Cc1ccnc(-c2nc(-c3ccc(C#N)cc3)cs2)c1. The van der Waals surface area contributed by atoms with Gasteiger partial charge in [0.25, 0.3) is 0 Å². The highest BCUT2D eigenvalue weighted by atomic mass is 32.1. The Labute approximate surface area is 121 Å². The maximum Gasteiger partial charge on any atom is 0.142 e. The van der Waals surface area contributed by atoms with E-state index in [4.69, 9.17) is 5.26 Å². The Morgan fingerprint density at radius 2 is 1.90 bits per heavy atom. The van der Waals surface area contributed by atoms with Gasteiger partial charge in [-0.2, -0.15) is 5.26 Å². The summed E-state index contributed by atoms with van der Waals surface area (Å²) in [6, 6.07) is 13.6. The molecule has 0 saturated heterocycles. The molecule has 0 aliphatic rings. The predicted molar refractivity (Wildman–Crippen MR) is 80.2 cm³/mol. The standard InChI is InChI=1S/C16H11N3S/c1-11-6-7-18-14(8-11)16-19-15(10-20-16)13-4-2-12(9-17)3-5-13/h2-8,10H,1H3. The van der Waals surface area contributed by atoms with E-state index in [2.05, 4.69) is 16.0 Å². The highest BCUT2D eigenvalue weighted by molar-refractivity contribution is 7.13. The van der Waals surface area contributed by atoms with Crippen molar-refractivity contribution >= 4 is 11.3 Å². The zero-order valence-electron chi connectivity index (χ0n) is 10.9. The molecule has 96 valence electrons. The molecule has 3 rings (SSSR count). The quantitative estimate of drug-likeness (QED) is 0.710. The lowest BCUT2D eigenvalue weighted by Gasteiger charge is -1.98. The second-order valence-electron chi connectivity index (χ2n) is 4.45. The molecule has 0 atom stereocenters. The highest BCUT2D eigenvalue weighted by Crippen LogP contribution is 2.28. The van der Waals surface area contributed by atoms with E-state index in [1.807, 2.05) is 36.6 Å². The first kappa shape index (κ1) is 12.5. The van der Waals surface area contributed by atoms with Crippen LogP contribution in [0.25, 0.3) is 22.0 Å². The van der Waals surface area contributed by atoms with Gasteiger partial charge in [-0.05, 0) is 36.8 Å². The smallest absolute Gasteiger partial charge is 0.142 e. The number of hydrogen-bond donors (Lipinski definition) is 0. The maximum atomic E-state index is 8.81. The summed E-state index contributed by atoms with van der Waals surface area (Å²) in [6.45, 7) is 2.04. The van der Waals surface area contributed by atoms with Gasteiger partial charge in [0.05, 0.1) is 23.0 Å². The van der Waals surface area contributed by atoms with Crippen molar-refractivity contribution < 1.29 is 0 Å². The molecule has 0 spiro atoms. The first-order valence-electron chi connectivity index (χ1n) is 6.15. The van der Waals surface area contributed by atoms with Gasteiger partial charge in [-0.15, -0.1) is 11.3 Å². The molecule has 0 saturated carbocycles. The molecule has 4 heteroatoms. The number of aryl methyl sites for hydroxylation is 1. The second-order valence-corrected chi connectivity index (χ2v) is 5.30. The zero-order valence-corrected chi connectivity index (χ0v) is 11.7. The van der Waals surface area contributed by atoms with Crippen LogP contribution in [0.4, 0.5) is 0 Å².